The lowest BCUT2D eigenvalue weighted by molar-refractivity contribution is -0.633. The third kappa shape index (κ3) is 11.3. The second-order valence-corrected chi connectivity index (χ2v) is 32.9. The quantitative estimate of drug-likeness (QED) is 0.164. The summed E-state index contributed by atoms with van der Waals surface area (Å²) in [5.74, 6) is 4.10. The topological polar surface area (TPSA) is 86.8 Å². The van der Waals surface area contributed by atoms with E-state index in [-0.39, 0.29) is 0 Å². The van der Waals surface area contributed by atoms with Gasteiger partial charge in [0.1, 0.15) is 51.5 Å². The molecular formula is C102H102N12+4. The van der Waals surface area contributed by atoms with E-state index in [9.17, 15) is 0 Å². The lowest BCUT2D eigenvalue weighted by Crippen LogP contribution is -2.32. The molecule has 9 aromatic carbocycles. The summed E-state index contributed by atoms with van der Waals surface area (Å²) < 4.78 is 67.2. The molecule has 0 atom stereocenters. The second-order valence-electron chi connectivity index (χ2n) is 32.9. The van der Waals surface area contributed by atoms with Gasteiger partial charge in [-0.2, -0.15) is 18.3 Å². The first-order valence-electron chi connectivity index (χ1n) is 42.9. The number of fused-ring (bicyclic) bond motifs is 18. The number of nitrogens with zero attached hydrogens (tertiary/aromatic N) is 12. The molecule has 0 spiro atoms. The third-order valence-corrected chi connectivity index (χ3v) is 25.5. The average Bonchev–Trinajstić information content (AvgIpc) is 1.56. The smallest absolute Gasteiger partial charge is 0.213 e. The number of aryl methyl sites for hydroxylation is 16. The van der Waals surface area contributed by atoms with Crippen molar-refractivity contribution in [2.24, 2.45) is 28.2 Å². The maximum Gasteiger partial charge on any atom is 0.213 e. The van der Waals surface area contributed by atoms with Crippen molar-refractivity contribution in [2.45, 2.75) is 150 Å². The maximum absolute atomic E-state index is 8.27. The van der Waals surface area contributed by atoms with Crippen LogP contribution in [0.4, 0.5) is 0 Å². The molecule has 0 saturated carbocycles. The van der Waals surface area contributed by atoms with Crippen LogP contribution in [0.3, 0.4) is 0 Å². The summed E-state index contributed by atoms with van der Waals surface area (Å²) in [6.07, 6.45) is 11.7. The van der Waals surface area contributed by atoms with Gasteiger partial charge in [0.2, 0.25) is 44.8 Å². The third-order valence-electron chi connectivity index (χ3n) is 25.5. The van der Waals surface area contributed by atoms with Crippen LogP contribution >= 0.6 is 0 Å². The Kier molecular flexibility index (Phi) is 15.9. The zero-order chi connectivity index (χ0) is 84.8. The summed E-state index contributed by atoms with van der Waals surface area (Å²) in [7, 11) is 8.47. The molecule has 114 heavy (non-hydrogen) atoms. The first-order chi connectivity index (χ1) is 57.1. The molecule has 0 amide bonds. The molecule has 4 aliphatic rings. The minimum Gasteiger partial charge on any atom is -0.303 e. The summed E-state index contributed by atoms with van der Waals surface area (Å²) >= 11 is 0. The normalized spacial score (nSPS) is 14.1. The van der Waals surface area contributed by atoms with Gasteiger partial charge in [0.15, 0.2) is 0 Å². The van der Waals surface area contributed by atoms with Crippen molar-refractivity contribution in [1.82, 2.24) is 38.2 Å². The fourth-order valence-corrected chi connectivity index (χ4v) is 19.3. The Morgan fingerprint density at radius 1 is 0.316 bits per heavy atom. The molecule has 0 N–H and O–H groups in total. The van der Waals surface area contributed by atoms with Gasteiger partial charge in [-0.3, -0.25) is 4.57 Å². The van der Waals surface area contributed by atoms with Gasteiger partial charge in [0.05, 0.1) is 93.6 Å². The molecule has 0 unspecified atom stereocenters. The van der Waals surface area contributed by atoms with E-state index >= 15 is 0 Å². The Morgan fingerprint density at radius 3 is 1.04 bits per heavy atom. The van der Waals surface area contributed by atoms with Crippen LogP contribution in [-0.2, 0) is 53.9 Å². The number of rotatable bonds is 4. The van der Waals surface area contributed by atoms with Gasteiger partial charge < -0.3 is 13.7 Å². The van der Waals surface area contributed by atoms with Gasteiger partial charge in [-0.05, 0) is 261 Å². The highest BCUT2D eigenvalue weighted by Gasteiger charge is 2.32. The minimum atomic E-state index is -2.24. The van der Waals surface area contributed by atoms with Crippen molar-refractivity contribution in [3.8, 4) is 50.7 Å². The van der Waals surface area contributed by atoms with Gasteiger partial charge >= 0.3 is 0 Å². The second kappa shape index (κ2) is 27.2. The monoisotopic (exact) mass is 1500 g/mol. The number of aromatic nitrogens is 12. The van der Waals surface area contributed by atoms with E-state index < -0.39 is 13.7 Å². The number of pyridine rings is 4. The molecule has 566 valence electrons. The Morgan fingerprint density at radius 2 is 0.649 bits per heavy atom. The van der Waals surface area contributed by atoms with E-state index in [4.69, 9.17) is 28.2 Å². The molecule has 17 aromatic rings. The predicted octanol–water partition coefficient (Wildman–Crippen LogP) is 21.4. The molecule has 12 heterocycles. The SMILES string of the molecule is CC1=Cn2c(nc3c(C)c(C)c(-c4cc(C)c5c(C)cccc5[n+]4C)cc32)C1.Cc1c(-c2cc(C)c3c(C)cccc3[n+]2C)cc2c(nc3n2-c2ccccc2C3)c1C.[2H]C([2H])([2H])c1c(C)c(-c2cc(C)c3c(C)cccc3[n+]2C)cc2c1nc1n2C=C(C)C1.[2H]C([2H])([2H])c1c(C)c(-c2cc(C)c3c(C)cccc3[n+]2C)cc2c1nc1n2C=CC1. The van der Waals surface area contributed by atoms with Crippen LogP contribution in [0.2, 0.25) is 0 Å². The van der Waals surface area contributed by atoms with Crippen molar-refractivity contribution in [1.29, 1.82) is 0 Å². The molecule has 8 aromatic heterocycles. The van der Waals surface area contributed by atoms with E-state index in [1.54, 1.807) is 0 Å². The molecule has 12 nitrogen and oxygen atoms in total. The van der Waals surface area contributed by atoms with E-state index in [0.717, 1.165) is 116 Å². The van der Waals surface area contributed by atoms with Gasteiger partial charge in [0.25, 0.3) is 0 Å². The van der Waals surface area contributed by atoms with E-state index in [2.05, 4.69) is 321 Å². The Bertz CT molecular complexity index is 7490. The number of hydrogen-bond acceptors (Lipinski definition) is 4. The first-order valence-corrected chi connectivity index (χ1v) is 39.9. The molecule has 21 rings (SSSR count). The molecule has 0 bridgehead atoms. The molecule has 4 aliphatic heterocycles. The fraction of sp³-hybridized carbons (Fsp3) is 0.255. The zero-order valence-corrected chi connectivity index (χ0v) is 69.4. The molecular weight excluding hydrogens is 1390 g/mol. The molecule has 0 saturated heterocycles. The summed E-state index contributed by atoms with van der Waals surface area (Å²) in [6, 6.07) is 52.4. The Balaban J connectivity index is 0.000000110. The number of imidazole rings is 4. The standard InChI is InChI=1S/C28H26N3.2C25H26N3.C24H24N3/c1-16-9-8-12-23-27(16)17(2)13-24(30(23)5)21-15-25-28(19(4)18(21)3)29-26-14-20-10-6-7-11-22(20)31(25)26;2*1-14-10-23-26-25-18(5)17(4)19(12-22(25)28(23)13-14)21-11-16(3)24-15(2)8-7-9-20(24)27(21)6;1-14-8-6-9-19-23(14)15(2)12-20(26(19)5)18-13-21-24(17(4)16(18)3)25-22-10-7-11-27(21)22/h6-13,15H,14H2,1-5H3;2*7-9,11-13H,10H2,1-6H3;6-9,11-13H,10H2,1-5H3/q4*+1/i;5D3;;4D3. The van der Waals surface area contributed by atoms with Gasteiger partial charge in [-0.25, -0.2) is 19.9 Å². The summed E-state index contributed by atoms with van der Waals surface area (Å²) in [4.78, 5) is 19.4. The van der Waals surface area contributed by atoms with E-state index in [1.807, 2.05) is 24.6 Å². The van der Waals surface area contributed by atoms with Crippen molar-refractivity contribution in [2.75, 3.05) is 0 Å². The average molecular weight is 1500 g/mol. The van der Waals surface area contributed by atoms with Crippen LogP contribution in [-0.4, -0.2) is 38.2 Å². The number of allylic oxidation sites excluding steroid dienone is 3. The first kappa shape index (κ1) is 66.3. The van der Waals surface area contributed by atoms with Crippen LogP contribution in [0.25, 0.3) is 157 Å². The van der Waals surface area contributed by atoms with Gasteiger partial charge in [-0.1, -0.05) is 72.8 Å². The van der Waals surface area contributed by atoms with Crippen molar-refractivity contribution in [3.63, 3.8) is 0 Å². The van der Waals surface area contributed by atoms with Crippen LogP contribution < -0.4 is 18.3 Å². The number of para-hydroxylation sites is 1. The molecule has 12 heteroatoms. The highest BCUT2D eigenvalue weighted by atomic mass is 15.1. The van der Waals surface area contributed by atoms with Crippen molar-refractivity contribution in [3.05, 3.63) is 281 Å². The van der Waals surface area contributed by atoms with Crippen LogP contribution in [0, 0.1) is 111 Å². The highest BCUT2D eigenvalue weighted by Crippen LogP contribution is 2.42. The largest absolute Gasteiger partial charge is 0.303 e. The van der Waals surface area contributed by atoms with E-state index in [1.165, 1.54) is 155 Å². The Labute approximate surface area is 677 Å². The van der Waals surface area contributed by atoms with Crippen LogP contribution in [0.5, 0.6) is 0 Å². The summed E-state index contributed by atoms with van der Waals surface area (Å²) in [6.45, 7) is 29.8. The maximum atomic E-state index is 8.27. The lowest BCUT2D eigenvalue weighted by atomic mass is 9.95. The summed E-state index contributed by atoms with van der Waals surface area (Å²) in [5.41, 5.74) is 44.2. The Hall–Kier alpha value is -12.3. The highest BCUT2D eigenvalue weighted by molar-refractivity contribution is 5.96. The van der Waals surface area contributed by atoms with Gasteiger partial charge in [-0.15, -0.1) is 0 Å². The molecule has 0 fully saturated rings. The van der Waals surface area contributed by atoms with Crippen LogP contribution in [0.15, 0.2) is 163 Å². The predicted molar refractivity (Wildman–Crippen MR) is 472 cm³/mol. The van der Waals surface area contributed by atoms with Gasteiger partial charge in [0, 0.05) is 101 Å². The van der Waals surface area contributed by atoms with Crippen molar-refractivity contribution < 1.29 is 26.5 Å². The van der Waals surface area contributed by atoms with Crippen molar-refractivity contribution >= 4 is 106 Å². The van der Waals surface area contributed by atoms with E-state index in [0.29, 0.717) is 22.2 Å². The lowest BCUT2D eigenvalue weighted by Gasteiger charge is -2.13. The zero-order valence-electron chi connectivity index (χ0n) is 75.4. The minimum absolute atomic E-state index is 0.354. The fourth-order valence-electron chi connectivity index (χ4n) is 19.3. The summed E-state index contributed by atoms with van der Waals surface area (Å²) in [5, 5.41) is 5.19. The molecule has 0 radical (unpaired) electrons. The molecule has 0 aliphatic carbocycles. The number of benzene rings is 9. The van der Waals surface area contributed by atoms with Crippen LogP contribution in [0.1, 0.15) is 140 Å². The number of hydrogen-bond donors (Lipinski definition) is 0.